The van der Waals surface area contributed by atoms with Gasteiger partial charge < -0.3 is 14.4 Å². The topological polar surface area (TPSA) is 42.0 Å². The van der Waals surface area contributed by atoms with E-state index in [1.807, 2.05) is 47.4 Å². The van der Waals surface area contributed by atoms with Crippen molar-refractivity contribution in [2.24, 2.45) is 0 Å². The molecule has 1 fully saturated rings. The minimum atomic E-state index is 0.156. The highest BCUT2D eigenvalue weighted by molar-refractivity contribution is 8.00. The van der Waals surface area contributed by atoms with Crippen molar-refractivity contribution < 1.29 is 14.3 Å². The van der Waals surface area contributed by atoms with Crippen LogP contribution in [0.5, 0.6) is 11.5 Å². The van der Waals surface area contributed by atoms with Crippen molar-refractivity contribution in [3.8, 4) is 11.5 Å². The van der Waals surface area contributed by atoms with Crippen LogP contribution < -0.4 is 9.47 Å². The third-order valence-corrected chi connectivity index (χ3v) is 6.29. The van der Waals surface area contributed by atoms with Crippen molar-refractivity contribution in [3.05, 3.63) is 53.1 Å². The Kier molecular flexibility index (Phi) is 7.48. The van der Waals surface area contributed by atoms with Crippen LogP contribution in [0, 0.1) is 0 Å². The number of methoxy groups -OCH3 is 2. The summed E-state index contributed by atoms with van der Waals surface area (Å²) in [5.41, 5.74) is 1.09. The summed E-state index contributed by atoms with van der Waals surface area (Å²) in [6, 6.07) is 13.5. The molecule has 0 N–H and O–H groups in total. The van der Waals surface area contributed by atoms with E-state index in [0.29, 0.717) is 10.8 Å². The van der Waals surface area contributed by atoms with Crippen molar-refractivity contribution in [3.63, 3.8) is 0 Å². The summed E-state index contributed by atoms with van der Waals surface area (Å²) in [6.07, 6.45) is 0. The average molecular weight is 421 g/mol. The highest BCUT2D eigenvalue weighted by atomic mass is 35.5. The zero-order valence-electron chi connectivity index (χ0n) is 16.2. The minimum Gasteiger partial charge on any atom is -0.497 e. The molecule has 0 unspecified atom stereocenters. The molecule has 0 aliphatic carbocycles. The first-order chi connectivity index (χ1) is 13.6. The molecule has 2 aromatic rings. The van der Waals surface area contributed by atoms with Gasteiger partial charge in [-0.3, -0.25) is 9.69 Å². The highest BCUT2D eigenvalue weighted by Gasteiger charge is 2.22. The molecule has 0 spiro atoms. The molecule has 1 heterocycles. The summed E-state index contributed by atoms with van der Waals surface area (Å²) in [4.78, 5) is 17.8. The van der Waals surface area contributed by atoms with E-state index in [1.165, 1.54) is 11.8 Å². The Bertz CT molecular complexity index is 810. The van der Waals surface area contributed by atoms with E-state index >= 15 is 0 Å². The molecular formula is C21H25ClN2O3S. The number of ether oxygens (including phenoxy) is 2. The summed E-state index contributed by atoms with van der Waals surface area (Å²) in [7, 11) is 3.34. The molecule has 28 heavy (non-hydrogen) atoms. The molecule has 0 atom stereocenters. The van der Waals surface area contributed by atoms with Crippen molar-refractivity contribution in [2.45, 2.75) is 11.4 Å². The SMILES string of the molecule is COc1ccc(OC)c(CN2CCN(C(=O)CSc3ccccc3Cl)CC2)c1. The Morgan fingerprint density at radius 2 is 1.82 bits per heavy atom. The number of carbonyl (C=O) groups excluding carboxylic acids is 1. The van der Waals surface area contributed by atoms with Gasteiger partial charge in [-0.2, -0.15) is 0 Å². The Hall–Kier alpha value is -1.89. The number of nitrogens with zero attached hydrogens (tertiary/aromatic N) is 2. The molecule has 1 aliphatic heterocycles. The number of thioether (sulfide) groups is 1. The smallest absolute Gasteiger partial charge is 0.233 e. The summed E-state index contributed by atoms with van der Waals surface area (Å²) >= 11 is 7.66. The van der Waals surface area contributed by atoms with Gasteiger partial charge in [0.1, 0.15) is 11.5 Å². The second kappa shape index (κ2) is 10.0. The third kappa shape index (κ3) is 5.34. The van der Waals surface area contributed by atoms with E-state index in [1.54, 1.807) is 14.2 Å². The second-order valence-corrected chi connectivity index (χ2v) is 7.98. The van der Waals surface area contributed by atoms with Crippen LogP contribution >= 0.6 is 23.4 Å². The molecule has 0 bridgehead atoms. The van der Waals surface area contributed by atoms with Gasteiger partial charge in [-0.1, -0.05) is 23.7 Å². The average Bonchev–Trinajstić information content (AvgIpc) is 2.73. The van der Waals surface area contributed by atoms with Gasteiger partial charge in [0.05, 0.1) is 25.0 Å². The fraction of sp³-hybridized carbons (Fsp3) is 0.381. The van der Waals surface area contributed by atoms with Crippen molar-refractivity contribution in [1.29, 1.82) is 0 Å². The number of rotatable bonds is 7. The molecule has 3 rings (SSSR count). The summed E-state index contributed by atoms with van der Waals surface area (Å²) in [6.45, 7) is 3.91. The van der Waals surface area contributed by atoms with Gasteiger partial charge in [-0.05, 0) is 30.3 Å². The van der Waals surface area contributed by atoms with Gasteiger partial charge in [-0.25, -0.2) is 0 Å². The van der Waals surface area contributed by atoms with Crippen LogP contribution in [-0.4, -0.2) is 61.9 Å². The number of carbonyl (C=O) groups is 1. The van der Waals surface area contributed by atoms with E-state index in [4.69, 9.17) is 21.1 Å². The van der Waals surface area contributed by atoms with Crippen LogP contribution in [0.2, 0.25) is 5.02 Å². The lowest BCUT2D eigenvalue weighted by Crippen LogP contribution is -2.48. The van der Waals surface area contributed by atoms with Crippen LogP contribution in [0.25, 0.3) is 0 Å². The molecule has 0 aromatic heterocycles. The zero-order valence-corrected chi connectivity index (χ0v) is 17.8. The molecular weight excluding hydrogens is 396 g/mol. The number of amides is 1. The predicted molar refractivity (Wildman–Crippen MR) is 114 cm³/mol. The summed E-state index contributed by atoms with van der Waals surface area (Å²) in [5, 5.41) is 0.692. The Labute approximate surface area is 175 Å². The highest BCUT2D eigenvalue weighted by Crippen LogP contribution is 2.27. The Morgan fingerprint density at radius 3 is 2.50 bits per heavy atom. The van der Waals surface area contributed by atoms with E-state index in [9.17, 15) is 4.79 Å². The molecule has 1 aliphatic rings. The first-order valence-corrected chi connectivity index (χ1v) is 10.6. The Balaban J connectivity index is 1.50. The molecule has 0 saturated carbocycles. The van der Waals surface area contributed by atoms with E-state index in [-0.39, 0.29) is 5.91 Å². The maximum absolute atomic E-state index is 12.5. The Morgan fingerprint density at radius 1 is 1.07 bits per heavy atom. The van der Waals surface area contributed by atoms with Gasteiger partial charge in [0, 0.05) is 43.2 Å². The zero-order chi connectivity index (χ0) is 19.9. The molecule has 150 valence electrons. The number of halogens is 1. The molecule has 0 radical (unpaired) electrons. The van der Waals surface area contributed by atoms with Crippen LogP contribution in [0.4, 0.5) is 0 Å². The van der Waals surface area contributed by atoms with Gasteiger partial charge >= 0.3 is 0 Å². The lowest BCUT2D eigenvalue weighted by Gasteiger charge is -2.35. The number of piperazine rings is 1. The summed E-state index contributed by atoms with van der Waals surface area (Å²) in [5.74, 6) is 2.24. The molecule has 5 nitrogen and oxygen atoms in total. The van der Waals surface area contributed by atoms with Gasteiger partial charge in [0.25, 0.3) is 0 Å². The largest absolute Gasteiger partial charge is 0.497 e. The van der Waals surface area contributed by atoms with Gasteiger partial charge in [0.15, 0.2) is 0 Å². The number of hydrogen-bond acceptors (Lipinski definition) is 5. The fourth-order valence-corrected chi connectivity index (χ4v) is 4.34. The minimum absolute atomic E-state index is 0.156. The summed E-state index contributed by atoms with van der Waals surface area (Å²) < 4.78 is 10.8. The van der Waals surface area contributed by atoms with Crippen LogP contribution in [-0.2, 0) is 11.3 Å². The van der Waals surface area contributed by atoms with Crippen molar-refractivity contribution in [1.82, 2.24) is 9.80 Å². The third-order valence-electron chi connectivity index (χ3n) is 4.79. The first-order valence-electron chi connectivity index (χ1n) is 9.19. The molecule has 7 heteroatoms. The molecule has 2 aromatic carbocycles. The van der Waals surface area contributed by atoms with Gasteiger partial charge in [-0.15, -0.1) is 11.8 Å². The van der Waals surface area contributed by atoms with Gasteiger partial charge in [0.2, 0.25) is 5.91 Å². The number of benzene rings is 2. The quantitative estimate of drug-likeness (QED) is 0.637. The second-order valence-electron chi connectivity index (χ2n) is 6.55. The fourth-order valence-electron chi connectivity index (χ4n) is 3.19. The number of hydrogen-bond donors (Lipinski definition) is 0. The van der Waals surface area contributed by atoms with Crippen molar-refractivity contribution >= 4 is 29.3 Å². The van der Waals surface area contributed by atoms with Crippen molar-refractivity contribution in [2.75, 3.05) is 46.2 Å². The van der Waals surface area contributed by atoms with Crippen LogP contribution in [0.3, 0.4) is 0 Å². The first kappa shape index (κ1) is 20.8. The lowest BCUT2D eigenvalue weighted by atomic mass is 10.1. The lowest BCUT2D eigenvalue weighted by molar-refractivity contribution is -0.130. The van der Waals surface area contributed by atoms with E-state index in [0.717, 1.165) is 54.7 Å². The van der Waals surface area contributed by atoms with E-state index < -0.39 is 0 Å². The normalized spacial score (nSPS) is 14.8. The van der Waals surface area contributed by atoms with Crippen LogP contribution in [0.15, 0.2) is 47.4 Å². The monoisotopic (exact) mass is 420 g/mol. The maximum atomic E-state index is 12.5. The predicted octanol–water partition coefficient (Wildman–Crippen LogP) is 3.79. The maximum Gasteiger partial charge on any atom is 0.233 e. The standard InChI is InChI=1S/C21H25ClN2O3S/c1-26-17-7-8-19(27-2)16(13-17)14-23-9-11-24(12-10-23)21(25)15-28-20-6-4-3-5-18(20)22/h3-8,13H,9-12,14-15H2,1-2H3. The van der Waals surface area contributed by atoms with E-state index in [2.05, 4.69) is 4.90 Å². The molecule has 1 saturated heterocycles. The molecule has 1 amide bonds. The van der Waals surface area contributed by atoms with Crippen LogP contribution in [0.1, 0.15) is 5.56 Å².